The molecule has 0 bridgehead atoms. The number of hydrogen-bond acceptors (Lipinski definition) is 5. The normalized spacial score (nSPS) is 14.3. The zero-order valence-electron chi connectivity index (χ0n) is 48.4. The van der Waals surface area contributed by atoms with Crippen LogP contribution in [0.2, 0.25) is 0 Å². The molecule has 0 unspecified atom stereocenters. The van der Waals surface area contributed by atoms with Gasteiger partial charge in [0.1, 0.15) is 46.0 Å². The van der Waals surface area contributed by atoms with Gasteiger partial charge in [0.2, 0.25) is 0 Å². The standard InChI is InChI=1S/C82H54BNO4/c1-81(2)61-31-15-19-35-72(61)86-77-50-67-70(49-66(77)81)84(69-42-40-55(51-23-7-3-8-24-51)43-59(69)53-27-11-5-12-28-53)71-46-58(48-78-79(71)83(67)68-45-57(52-25-9-4-10-26-52)44-60(80(68)88-78)54-29-13-6-14-30-54)56-39-41-65-76(47-56)87-75-38-22-18-34-64(75)82(65)62-32-16-20-36-73(62)85-74-37-21-17-33-63(74)82/h3-50H,1-2H3. The zero-order chi connectivity index (χ0) is 58.2. The summed E-state index contributed by atoms with van der Waals surface area (Å²) in [6, 6.07) is 105. The van der Waals surface area contributed by atoms with Crippen LogP contribution in [0.15, 0.2) is 291 Å². The van der Waals surface area contributed by atoms with Crippen molar-refractivity contribution >= 4 is 40.2 Å². The molecule has 88 heavy (non-hydrogen) atoms. The van der Waals surface area contributed by atoms with Crippen LogP contribution in [-0.4, -0.2) is 6.71 Å². The molecule has 5 nitrogen and oxygen atoms in total. The van der Waals surface area contributed by atoms with E-state index in [1.165, 1.54) is 0 Å². The first kappa shape index (κ1) is 50.3. The molecule has 13 aromatic carbocycles. The van der Waals surface area contributed by atoms with Crippen molar-refractivity contribution < 1.29 is 18.9 Å². The molecule has 0 amide bonds. The van der Waals surface area contributed by atoms with Gasteiger partial charge in [0.15, 0.2) is 0 Å². The fourth-order valence-corrected chi connectivity index (χ4v) is 15.0. The predicted molar refractivity (Wildman–Crippen MR) is 357 cm³/mol. The molecule has 13 aromatic rings. The fourth-order valence-electron chi connectivity index (χ4n) is 15.0. The highest BCUT2D eigenvalue weighted by atomic mass is 16.5. The lowest BCUT2D eigenvalue weighted by atomic mass is 9.33. The molecule has 6 heteroatoms. The lowest BCUT2D eigenvalue weighted by molar-refractivity contribution is 0.399. The third kappa shape index (κ3) is 7.42. The molecule has 0 aromatic heterocycles. The Morgan fingerprint density at radius 3 is 1.33 bits per heavy atom. The zero-order valence-corrected chi connectivity index (χ0v) is 48.4. The molecular formula is C82H54BNO4. The number of ether oxygens (including phenoxy) is 4. The van der Waals surface area contributed by atoms with Crippen LogP contribution in [0, 0.1) is 0 Å². The van der Waals surface area contributed by atoms with Gasteiger partial charge in [-0.05, 0) is 134 Å². The van der Waals surface area contributed by atoms with E-state index in [1.54, 1.807) is 0 Å². The second kappa shape index (κ2) is 19.2. The monoisotopic (exact) mass is 1130 g/mol. The summed E-state index contributed by atoms with van der Waals surface area (Å²) in [6.45, 7) is 4.37. The highest BCUT2D eigenvalue weighted by Gasteiger charge is 2.51. The summed E-state index contributed by atoms with van der Waals surface area (Å²) in [4.78, 5) is 2.53. The van der Waals surface area contributed by atoms with E-state index < -0.39 is 10.8 Å². The van der Waals surface area contributed by atoms with Gasteiger partial charge in [-0.15, -0.1) is 0 Å². The summed E-state index contributed by atoms with van der Waals surface area (Å²) < 4.78 is 28.9. The van der Waals surface area contributed by atoms with Gasteiger partial charge in [0.25, 0.3) is 6.71 Å². The molecule has 5 aliphatic heterocycles. The van der Waals surface area contributed by atoms with Crippen molar-refractivity contribution in [1.82, 2.24) is 0 Å². The summed E-state index contributed by atoms with van der Waals surface area (Å²) >= 11 is 0. The van der Waals surface area contributed by atoms with Gasteiger partial charge in [0.05, 0.1) is 11.1 Å². The average Bonchev–Trinajstić information content (AvgIpc) is 0.796. The molecule has 0 radical (unpaired) electrons. The second-order valence-electron chi connectivity index (χ2n) is 24.2. The van der Waals surface area contributed by atoms with Crippen molar-refractivity contribution in [3.8, 4) is 102 Å². The molecule has 0 aliphatic carbocycles. The number of fused-ring (bicyclic) bond motifs is 14. The van der Waals surface area contributed by atoms with Crippen LogP contribution in [0.1, 0.15) is 47.2 Å². The van der Waals surface area contributed by atoms with E-state index in [0.717, 1.165) is 168 Å². The maximum absolute atomic E-state index is 7.77. The molecule has 0 N–H and O–H groups in total. The van der Waals surface area contributed by atoms with Crippen LogP contribution in [0.5, 0.6) is 46.0 Å². The van der Waals surface area contributed by atoms with Crippen molar-refractivity contribution in [3.63, 3.8) is 0 Å². The third-order valence-electron chi connectivity index (χ3n) is 19.1. The average molecular weight is 1130 g/mol. The second-order valence-corrected chi connectivity index (χ2v) is 24.2. The smallest absolute Gasteiger partial charge is 0.256 e. The summed E-state index contributed by atoms with van der Waals surface area (Å²) in [5.41, 5.74) is 22.6. The van der Waals surface area contributed by atoms with Gasteiger partial charge in [0, 0.05) is 61.3 Å². The highest BCUT2D eigenvalue weighted by Crippen LogP contribution is 2.62. The number of rotatable bonds is 6. The molecule has 0 saturated heterocycles. The molecule has 0 fully saturated rings. The van der Waals surface area contributed by atoms with Crippen molar-refractivity contribution in [2.75, 3.05) is 4.90 Å². The Labute approximate surface area is 512 Å². The Hall–Kier alpha value is -11.1. The Kier molecular flexibility index (Phi) is 11.0. The van der Waals surface area contributed by atoms with Gasteiger partial charge < -0.3 is 23.8 Å². The fraction of sp³-hybridized carbons (Fsp3) is 0.0488. The van der Waals surface area contributed by atoms with Gasteiger partial charge in [-0.2, -0.15) is 0 Å². The molecule has 0 atom stereocenters. The van der Waals surface area contributed by atoms with Crippen molar-refractivity contribution in [3.05, 3.63) is 325 Å². The Morgan fingerprint density at radius 1 is 0.273 bits per heavy atom. The number of nitrogens with zero attached hydrogens (tertiary/aromatic N) is 1. The minimum atomic E-state index is -0.736. The van der Waals surface area contributed by atoms with Crippen LogP contribution in [0.25, 0.3) is 55.6 Å². The van der Waals surface area contributed by atoms with Crippen LogP contribution in [0.3, 0.4) is 0 Å². The lowest BCUT2D eigenvalue weighted by Crippen LogP contribution is -2.60. The van der Waals surface area contributed by atoms with E-state index in [4.69, 9.17) is 18.9 Å². The Bertz CT molecular complexity index is 4960. The maximum Gasteiger partial charge on any atom is 0.256 e. The molecule has 18 rings (SSSR count). The van der Waals surface area contributed by atoms with E-state index in [-0.39, 0.29) is 6.71 Å². The highest BCUT2D eigenvalue weighted by molar-refractivity contribution is 6.99. The number of para-hydroxylation sites is 4. The lowest BCUT2D eigenvalue weighted by Gasteiger charge is -2.45. The molecule has 5 aliphatic rings. The van der Waals surface area contributed by atoms with Crippen LogP contribution >= 0.6 is 0 Å². The largest absolute Gasteiger partial charge is 0.458 e. The van der Waals surface area contributed by atoms with Crippen molar-refractivity contribution in [2.24, 2.45) is 0 Å². The van der Waals surface area contributed by atoms with Gasteiger partial charge in [-0.3, -0.25) is 0 Å². The van der Waals surface area contributed by atoms with E-state index >= 15 is 0 Å². The Morgan fingerprint density at radius 2 is 0.716 bits per heavy atom. The summed E-state index contributed by atoms with van der Waals surface area (Å²) in [5, 5.41) is 0. The van der Waals surface area contributed by atoms with Gasteiger partial charge in [-0.25, -0.2) is 0 Å². The van der Waals surface area contributed by atoms with Crippen molar-refractivity contribution in [1.29, 1.82) is 0 Å². The minimum Gasteiger partial charge on any atom is -0.458 e. The maximum atomic E-state index is 7.77. The number of benzene rings is 13. The molecular weight excluding hydrogens is 1070 g/mol. The first-order valence-corrected chi connectivity index (χ1v) is 30.3. The van der Waals surface area contributed by atoms with E-state index in [9.17, 15) is 0 Å². The first-order valence-electron chi connectivity index (χ1n) is 30.3. The van der Waals surface area contributed by atoms with Crippen molar-refractivity contribution in [2.45, 2.75) is 24.7 Å². The molecule has 5 heterocycles. The summed E-state index contributed by atoms with van der Waals surface area (Å²) in [5.74, 6) is 6.57. The van der Waals surface area contributed by atoms with Gasteiger partial charge in [-0.1, -0.05) is 232 Å². The Balaban J connectivity index is 0.936. The van der Waals surface area contributed by atoms with Crippen LogP contribution < -0.4 is 40.2 Å². The molecule has 1 spiro atoms. The summed E-state index contributed by atoms with van der Waals surface area (Å²) in [6.07, 6.45) is 0. The number of anilines is 3. The van der Waals surface area contributed by atoms with Gasteiger partial charge >= 0.3 is 0 Å². The van der Waals surface area contributed by atoms with E-state index in [2.05, 4.69) is 310 Å². The van der Waals surface area contributed by atoms with E-state index in [1.807, 2.05) is 0 Å². The van der Waals surface area contributed by atoms with Crippen LogP contribution in [0.4, 0.5) is 17.1 Å². The summed E-state index contributed by atoms with van der Waals surface area (Å²) in [7, 11) is 0. The predicted octanol–water partition coefficient (Wildman–Crippen LogP) is 19.5. The third-order valence-corrected chi connectivity index (χ3v) is 19.1. The topological polar surface area (TPSA) is 40.2 Å². The number of hydrogen-bond donors (Lipinski definition) is 0. The minimum absolute atomic E-state index is 0.296. The first-order chi connectivity index (χ1) is 43.4. The van der Waals surface area contributed by atoms with E-state index in [0.29, 0.717) is 0 Å². The van der Waals surface area contributed by atoms with Crippen LogP contribution in [-0.2, 0) is 10.8 Å². The quantitative estimate of drug-likeness (QED) is 0.155. The SMILES string of the molecule is CC1(C)c2ccccc2Oc2cc3c(cc21)N(c1ccc(-c2ccccc2)cc1-c1ccccc1)c1cc(-c2ccc4c(c2)Oc2ccccc2C42c4ccccc4Oc4ccccc42)cc2c1B3c1cc(-c3ccccc3)cc(-c3ccccc3)c1O2. The molecule has 0 saturated carbocycles. The molecule has 414 valence electrons.